The number of benzene rings is 1. The molecule has 0 aliphatic heterocycles. The Morgan fingerprint density at radius 1 is 1.41 bits per heavy atom. The van der Waals surface area contributed by atoms with E-state index in [2.05, 4.69) is 5.32 Å². The number of carbonyl (C=O) groups is 2. The van der Waals surface area contributed by atoms with Crippen molar-refractivity contribution in [3.8, 4) is 5.75 Å². The molecule has 0 saturated heterocycles. The highest BCUT2D eigenvalue weighted by Crippen LogP contribution is 2.27. The van der Waals surface area contributed by atoms with Crippen molar-refractivity contribution in [3.63, 3.8) is 0 Å². The molecule has 1 aromatic carbocycles. The van der Waals surface area contributed by atoms with Crippen LogP contribution in [0.5, 0.6) is 5.75 Å². The Morgan fingerprint density at radius 2 is 2.09 bits per heavy atom. The van der Waals surface area contributed by atoms with Gasteiger partial charge in [-0.25, -0.2) is 4.79 Å². The molecule has 1 amide bonds. The number of nitrogens with zero attached hydrogens (tertiary/aromatic N) is 1. The summed E-state index contributed by atoms with van der Waals surface area (Å²) in [6.07, 6.45) is 0.754. The number of ether oxygens (including phenoxy) is 2. The summed E-state index contributed by atoms with van der Waals surface area (Å²) >= 11 is 0. The number of nitro groups is 1. The SMILES string of the molecule is CC[C@H](C)NC(=O)COC(=O)c1ccc(OC)c([N+](=O)[O-])c1. The van der Waals surface area contributed by atoms with Crippen molar-refractivity contribution in [3.05, 3.63) is 33.9 Å². The molecule has 1 N–H and O–H groups in total. The fraction of sp³-hybridized carbons (Fsp3) is 0.429. The van der Waals surface area contributed by atoms with Crippen LogP contribution in [-0.4, -0.2) is 36.6 Å². The predicted octanol–water partition coefficient (Wildman–Crippen LogP) is 1.67. The van der Waals surface area contributed by atoms with Gasteiger partial charge in [-0.1, -0.05) is 6.92 Å². The summed E-state index contributed by atoms with van der Waals surface area (Å²) in [7, 11) is 1.29. The van der Waals surface area contributed by atoms with Gasteiger partial charge in [0, 0.05) is 12.1 Å². The lowest BCUT2D eigenvalue weighted by Gasteiger charge is -2.11. The van der Waals surface area contributed by atoms with Crippen LogP contribution < -0.4 is 10.1 Å². The first-order chi connectivity index (χ1) is 10.4. The molecule has 0 unspecified atom stereocenters. The molecule has 0 aliphatic rings. The van der Waals surface area contributed by atoms with Crippen molar-refractivity contribution in [2.24, 2.45) is 0 Å². The number of amides is 1. The van der Waals surface area contributed by atoms with E-state index in [9.17, 15) is 19.7 Å². The van der Waals surface area contributed by atoms with Gasteiger partial charge in [-0.05, 0) is 25.5 Å². The number of hydrogen-bond donors (Lipinski definition) is 1. The molecule has 22 heavy (non-hydrogen) atoms. The normalized spacial score (nSPS) is 11.4. The molecule has 8 nitrogen and oxygen atoms in total. The van der Waals surface area contributed by atoms with E-state index in [-0.39, 0.29) is 23.0 Å². The Hall–Kier alpha value is -2.64. The van der Waals surface area contributed by atoms with E-state index in [1.807, 2.05) is 13.8 Å². The molecular formula is C14H18N2O6. The van der Waals surface area contributed by atoms with E-state index >= 15 is 0 Å². The average Bonchev–Trinajstić information content (AvgIpc) is 2.51. The monoisotopic (exact) mass is 310 g/mol. The predicted molar refractivity (Wildman–Crippen MR) is 77.8 cm³/mol. The zero-order valence-corrected chi connectivity index (χ0v) is 12.6. The Bertz CT molecular complexity index is 572. The smallest absolute Gasteiger partial charge is 0.338 e. The Labute approximate surface area is 127 Å². The maximum Gasteiger partial charge on any atom is 0.338 e. The average molecular weight is 310 g/mol. The molecule has 0 aromatic heterocycles. The summed E-state index contributed by atoms with van der Waals surface area (Å²) in [5, 5.41) is 13.5. The summed E-state index contributed by atoms with van der Waals surface area (Å²) in [4.78, 5) is 33.5. The Balaban J connectivity index is 2.72. The zero-order chi connectivity index (χ0) is 16.7. The number of rotatable bonds is 7. The highest BCUT2D eigenvalue weighted by molar-refractivity contribution is 5.92. The van der Waals surface area contributed by atoms with Crippen LogP contribution in [0.4, 0.5) is 5.69 Å². The molecule has 0 bridgehead atoms. The van der Waals surface area contributed by atoms with E-state index in [0.717, 1.165) is 12.5 Å². The molecule has 1 rings (SSSR count). The number of nitrogens with one attached hydrogen (secondary N) is 1. The van der Waals surface area contributed by atoms with Crippen molar-refractivity contribution < 1.29 is 24.0 Å². The first-order valence-electron chi connectivity index (χ1n) is 6.68. The van der Waals surface area contributed by atoms with Crippen LogP contribution in [0.3, 0.4) is 0 Å². The third-order valence-electron chi connectivity index (χ3n) is 2.97. The van der Waals surface area contributed by atoms with Crippen molar-refractivity contribution in [2.45, 2.75) is 26.3 Å². The van der Waals surface area contributed by atoms with E-state index in [4.69, 9.17) is 9.47 Å². The van der Waals surface area contributed by atoms with Crippen molar-refractivity contribution in [1.29, 1.82) is 0 Å². The largest absolute Gasteiger partial charge is 0.490 e. The molecule has 0 spiro atoms. The summed E-state index contributed by atoms with van der Waals surface area (Å²) in [5.41, 5.74) is -0.371. The number of methoxy groups -OCH3 is 1. The lowest BCUT2D eigenvalue weighted by Crippen LogP contribution is -2.35. The van der Waals surface area contributed by atoms with Gasteiger partial charge in [0.05, 0.1) is 17.6 Å². The molecule has 0 aliphatic carbocycles. The van der Waals surface area contributed by atoms with Crippen molar-refractivity contribution >= 4 is 17.6 Å². The number of carbonyl (C=O) groups excluding carboxylic acids is 2. The van der Waals surface area contributed by atoms with Gasteiger partial charge in [0.15, 0.2) is 12.4 Å². The van der Waals surface area contributed by atoms with Crippen molar-refractivity contribution in [2.75, 3.05) is 13.7 Å². The fourth-order valence-electron chi connectivity index (χ4n) is 1.59. The molecule has 0 fully saturated rings. The van der Waals surface area contributed by atoms with Crippen LogP contribution in [-0.2, 0) is 9.53 Å². The van der Waals surface area contributed by atoms with Gasteiger partial charge >= 0.3 is 11.7 Å². The van der Waals surface area contributed by atoms with Gasteiger partial charge in [-0.15, -0.1) is 0 Å². The van der Waals surface area contributed by atoms with Crippen LogP contribution in [0.25, 0.3) is 0 Å². The van der Waals surface area contributed by atoms with E-state index in [0.29, 0.717) is 0 Å². The molecule has 0 saturated carbocycles. The minimum absolute atomic E-state index is 0.0201. The highest BCUT2D eigenvalue weighted by atomic mass is 16.6. The second-order valence-electron chi connectivity index (χ2n) is 4.60. The second-order valence-corrected chi connectivity index (χ2v) is 4.60. The zero-order valence-electron chi connectivity index (χ0n) is 12.6. The first kappa shape index (κ1) is 17.4. The third-order valence-corrected chi connectivity index (χ3v) is 2.97. The summed E-state index contributed by atoms with van der Waals surface area (Å²) in [6.45, 7) is 3.29. The van der Waals surface area contributed by atoms with Crippen LogP contribution in [0.2, 0.25) is 0 Å². The number of nitro benzene ring substituents is 1. The maximum absolute atomic E-state index is 11.8. The van der Waals surface area contributed by atoms with Gasteiger partial charge in [-0.2, -0.15) is 0 Å². The Kier molecular flexibility index (Phi) is 6.30. The molecular weight excluding hydrogens is 292 g/mol. The summed E-state index contributed by atoms with van der Waals surface area (Å²) in [6, 6.07) is 3.66. The van der Waals surface area contributed by atoms with E-state index < -0.39 is 23.4 Å². The van der Waals surface area contributed by atoms with Gasteiger partial charge in [0.2, 0.25) is 0 Å². The minimum Gasteiger partial charge on any atom is -0.490 e. The molecule has 120 valence electrons. The molecule has 0 radical (unpaired) electrons. The first-order valence-corrected chi connectivity index (χ1v) is 6.68. The summed E-state index contributed by atoms with van der Waals surface area (Å²) in [5.74, 6) is -1.20. The highest BCUT2D eigenvalue weighted by Gasteiger charge is 2.19. The summed E-state index contributed by atoms with van der Waals surface area (Å²) < 4.78 is 9.67. The Morgan fingerprint density at radius 3 is 2.64 bits per heavy atom. The van der Waals surface area contributed by atoms with E-state index in [1.165, 1.54) is 19.2 Å². The number of hydrogen-bond acceptors (Lipinski definition) is 6. The van der Waals surface area contributed by atoms with Gasteiger partial charge in [0.25, 0.3) is 5.91 Å². The maximum atomic E-state index is 11.8. The molecule has 0 heterocycles. The molecule has 1 aromatic rings. The van der Waals surface area contributed by atoms with Crippen LogP contribution in [0.15, 0.2) is 18.2 Å². The van der Waals surface area contributed by atoms with E-state index in [1.54, 1.807) is 0 Å². The molecule has 1 atom stereocenters. The van der Waals surface area contributed by atoms with Gasteiger partial charge in [-0.3, -0.25) is 14.9 Å². The van der Waals surface area contributed by atoms with Gasteiger partial charge < -0.3 is 14.8 Å². The van der Waals surface area contributed by atoms with Crippen LogP contribution in [0, 0.1) is 10.1 Å². The minimum atomic E-state index is -0.815. The topological polar surface area (TPSA) is 108 Å². The quantitative estimate of drug-likeness (QED) is 0.466. The van der Waals surface area contributed by atoms with Gasteiger partial charge in [0.1, 0.15) is 0 Å². The number of esters is 1. The lowest BCUT2D eigenvalue weighted by atomic mass is 10.2. The lowest BCUT2D eigenvalue weighted by molar-refractivity contribution is -0.385. The standard InChI is InChI=1S/C14H18N2O6/c1-4-9(2)15-13(17)8-22-14(18)10-5-6-12(21-3)11(7-10)16(19)20/h5-7,9H,4,8H2,1-3H3,(H,15,17)/t9-/m0/s1. The van der Waals surface area contributed by atoms with Crippen LogP contribution in [0.1, 0.15) is 30.6 Å². The fourth-order valence-corrected chi connectivity index (χ4v) is 1.59. The third kappa shape index (κ3) is 4.72. The van der Waals surface area contributed by atoms with Crippen LogP contribution >= 0.6 is 0 Å². The van der Waals surface area contributed by atoms with Crippen molar-refractivity contribution in [1.82, 2.24) is 5.32 Å². The molecule has 8 heteroatoms. The second kappa shape index (κ2) is 7.96.